The number of nitrogens with zero attached hydrogens (tertiary/aromatic N) is 1. The van der Waals surface area contributed by atoms with E-state index in [0.717, 1.165) is 69.5 Å². The van der Waals surface area contributed by atoms with Gasteiger partial charge in [-0.1, -0.05) is 95.4 Å². The topological polar surface area (TPSA) is 144 Å². The fraction of sp³-hybridized carbons (Fsp3) is 0.316. The Balaban J connectivity index is 0.000000421. The predicted octanol–water partition coefficient (Wildman–Crippen LogP) is 19.4. The molecule has 0 bridgehead atoms. The molecule has 70 heavy (non-hydrogen) atoms. The second-order valence-corrected chi connectivity index (χ2v) is 14.5. The number of halogens is 1. The number of thiol groups is 1. The molecule has 0 amide bonds. The predicted molar refractivity (Wildman–Crippen MR) is 298 cm³/mol. The third-order valence-corrected chi connectivity index (χ3v) is 9.94. The molecule has 10 nitrogen and oxygen atoms in total. The Morgan fingerprint density at radius 1 is 0.486 bits per heavy atom. The number of rotatable bonds is 11. The van der Waals surface area contributed by atoms with E-state index in [9.17, 15) is 4.39 Å². The highest BCUT2D eigenvalue weighted by molar-refractivity contribution is 7.79. The van der Waals surface area contributed by atoms with Crippen LogP contribution in [-0.4, -0.2) is 29.9 Å². The van der Waals surface area contributed by atoms with Gasteiger partial charge in [-0.2, -0.15) is 17.0 Å². The van der Waals surface area contributed by atoms with E-state index in [4.69, 9.17) is 17.7 Å². The Labute approximate surface area is 426 Å². The Bertz CT molecular complexity index is 2440. The summed E-state index contributed by atoms with van der Waals surface area (Å²) in [5, 5.41) is 0. The smallest absolute Gasteiger partial charge is 0.278 e. The zero-order valence-electron chi connectivity index (χ0n) is 43.5. The molecule has 5 N–H and O–H groups in total. The van der Waals surface area contributed by atoms with Crippen molar-refractivity contribution >= 4 is 24.0 Å². The molecule has 380 valence electrons. The Morgan fingerprint density at radius 2 is 0.900 bits per heavy atom. The van der Waals surface area contributed by atoms with E-state index < -0.39 is 6.01 Å². The number of nitrogens with one attached hydrogen (secondary N) is 5. The van der Waals surface area contributed by atoms with Crippen LogP contribution >= 0.6 is 24.0 Å². The van der Waals surface area contributed by atoms with E-state index in [1.807, 2.05) is 204 Å². The summed E-state index contributed by atoms with van der Waals surface area (Å²) in [6, 6.07) is 33.8. The van der Waals surface area contributed by atoms with Gasteiger partial charge in [0.1, 0.15) is 28.8 Å². The van der Waals surface area contributed by atoms with Crippen molar-refractivity contribution in [3.63, 3.8) is 0 Å². The molecular weight excluding hydrogens is 916 g/mol. The summed E-state index contributed by atoms with van der Waals surface area (Å²) in [5.74, 6) is 6.79. The van der Waals surface area contributed by atoms with Crippen LogP contribution in [0.3, 0.4) is 0 Å². The molecule has 0 radical (unpaired) electrons. The van der Waals surface area contributed by atoms with Crippen LogP contribution in [0.15, 0.2) is 170 Å². The quantitative estimate of drug-likeness (QED) is 0.0565. The van der Waals surface area contributed by atoms with E-state index in [2.05, 4.69) is 55.5 Å². The number of hydrogen-bond donors (Lipinski definition) is 6. The van der Waals surface area contributed by atoms with Crippen LogP contribution in [0.1, 0.15) is 119 Å². The van der Waals surface area contributed by atoms with Crippen molar-refractivity contribution in [3.8, 4) is 56.4 Å². The summed E-state index contributed by atoms with van der Waals surface area (Å²) in [7, 11) is 0. The van der Waals surface area contributed by atoms with Crippen LogP contribution in [0.4, 0.5) is 4.39 Å². The van der Waals surface area contributed by atoms with Crippen LogP contribution in [-0.2, 0) is 12.2 Å². The molecule has 10 rings (SSSR count). The van der Waals surface area contributed by atoms with Crippen molar-refractivity contribution in [3.05, 3.63) is 175 Å². The highest BCUT2D eigenvalue weighted by Crippen LogP contribution is 2.24. The average molecular weight is 995 g/mol. The van der Waals surface area contributed by atoms with Crippen molar-refractivity contribution in [2.24, 2.45) is 0 Å². The first-order chi connectivity index (χ1) is 34.5. The highest BCUT2D eigenvalue weighted by Gasteiger charge is 2.06. The molecule has 0 saturated carbocycles. The molecule has 0 saturated heterocycles. The summed E-state index contributed by atoms with van der Waals surface area (Å²) in [4.78, 5) is 20.5. The van der Waals surface area contributed by atoms with Crippen molar-refractivity contribution in [1.82, 2.24) is 29.9 Å². The van der Waals surface area contributed by atoms with Gasteiger partial charge in [0.2, 0.25) is 0 Å². The van der Waals surface area contributed by atoms with Gasteiger partial charge in [-0.3, -0.25) is 4.98 Å². The number of aromatic nitrogens is 6. The van der Waals surface area contributed by atoms with E-state index in [-0.39, 0.29) is 0 Å². The van der Waals surface area contributed by atoms with Crippen LogP contribution < -0.4 is 0 Å². The number of unbranched alkanes of at least 4 members (excludes halogenated alkanes) is 3. The van der Waals surface area contributed by atoms with Gasteiger partial charge in [-0.05, 0) is 116 Å². The first-order valence-corrected chi connectivity index (χ1v) is 26.2. The lowest BCUT2D eigenvalue weighted by atomic mass is 10.1. The van der Waals surface area contributed by atoms with Gasteiger partial charge >= 0.3 is 0 Å². The maximum atomic E-state index is 12.3. The highest BCUT2D eigenvalue weighted by atomic mass is 32.1. The normalized spacial score (nSPS) is 9.34. The third-order valence-electron chi connectivity index (χ3n) is 8.82. The molecule has 10 heterocycles. The summed E-state index contributed by atoms with van der Waals surface area (Å²) in [6.45, 7) is 24.2. The van der Waals surface area contributed by atoms with Crippen molar-refractivity contribution in [1.29, 1.82) is 0 Å². The summed E-state index contributed by atoms with van der Waals surface area (Å²) in [6.07, 6.45) is 17.4. The van der Waals surface area contributed by atoms with Crippen LogP contribution in [0.5, 0.6) is 0 Å². The molecule has 0 aliphatic carbocycles. The van der Waals surface area contributed by atoms with Crippen molar-refractivity contribution in [2.75, 3.05) is 0 Å². The number of hydrogen-bond acceptors (Lipinski definition) is 7. The van der Waals surface area contributed by atoms with Crippen molar-refractivity contribution in [2.45, 2.75) is 121 Å². The second kappa shape index (κ2) is 39.3. The fourth-order valence-corrected chi connectivity index (χ4v) is 6.58. The van der Waals surface area contributed by atoms with Crippen LogP contribution in [0, 0.1) is 12.9 Å². The van der Waals surface area contributed by atoms with Gasteiger partial charge < -0.3 is 42.6 Å². The summed E-state index contributed by atoms with van der Waals surface area (Å²) in [5.41, 5.74) is 6.84. The lowest BCUT2D eigenvalue weighted by Crippen LogP contribution is -1.82. The van der Waals surface area contributed by atoms with E-state index >= 15 is 0 Å². The van der Waals surface area contributed by atoms with E-state index in [0.29, 0.717) is 11.5 Å². The number of furan rings is 4. The SMILES string of the molecule is CC.CC.CC.CC.CC.CCCCCCc1ccc(-c2ccc[nH]2)o1.Cc1ccc(-c2ccc[nH]2)o1.Fc1ccc(-c2ccc[nH]2)o1.SCc1ccc(-c2ccc[nH]2)o1.c1c[nH]c(-c2cncs2)c1. The minimum atomic E-state index is -0.561. The van der Waals surface area contributed by atoms with Gasteiger partial charge in [-0.15, -0.1) is 11.3 Å². The number of H-pyrrole nitrogens is 5. The molecule has 10 aromatic rings. The van der Waals surface area contributed by atoms with E-state index in [1.54, 1.807) is 23.6 Å². The zero-order valence-corrected chi connectivity index (χ0v) is 45.2. The van der Waals surface area contributed by atoms with Crippen LogP contribution in [0.2, 0.25) is 0 Å². The maximum absolute atomic E-state index is 12.3. The monoisotopic (exact) mass is 995 g/mol. The number of aryl methyl sites for hydroxylation is 2. The van der Waals surface area contributed by atoms with Gasteiger partial charge in [-0.25, -0.2) is 0 Å². The van der Waals surface area contributed by atoms with Gasteiger partial charge in [0.05, 0.1) is 38.9 Å². The lowest BCUT2D eigenvalue weighted by molar-refractivity contribution is 0.366. The Hall–Kier alpha value is -6.57. The largest absolute Gasteiger partial charge is 0.460 e. The molecule has 0 spiro atoms. The molecule has 0 aliphatic heterocycles. The number of thiazole rings is 1. The maximum Gasteiger partial charge on any atom is 0.278 e. The molecule has 13 heteroatoms. The number of aromatic amines is 5. The second-order valence-electron chi connectivity index (χ2n) is 13.3. The first-order valence-electron chi connectivity index (χ1n) is 24.7. The van der Waals surface area contributed by atoms with Gasteiger partial charge in [0.25, 0.3) is 6.01 Å². The fourth-order valence-electron chi connectivity index (χ4n) is 5.80. The minimum Gasteiger partial charge on any atom is -0.460 e. The zero-order chi connectivity index (χ0) is 51.8. The summed E-state index contributed by atoms with van der Waals surface area (Å²) < 4.78 is 33.7. The lowest BCUT2D eigenvalue weighted by Gasteiger charge is -1.97. The van der Waals surface area contributed by atoms with Crippen LogP contribution in [0.25, 0.3) is 56.4 Å². The molecule has 0 fully saturated rings. The Kier molecular flexibility index (Phi) is 34.5. The van der Waals surface area contributed by atoms with E-state index in [1.165, 1.54) is 36.6 Å². The van der Waals surface area contributed by atoms with Crippen molar-refractivity contribution < 1.29 is 22.1 Å². The molecular formula is C57H79FN6O4S2. The molecule has 0 unspecified atom stereocenters. The third kappa shape index (κ3) is 22.7. The Morgan fingerprint density at radius 3 is 1.26 bits per heavy atom. The molecule has 10 aromatic heterocycles. The van der Waals surface area contributed by atoms with Gasteiger partial charge in [0, 0.05) is 55.4 Å². The average Bonchev–Trinajstić information content (AvgIpc) is 4.27. The molecule has 0 aromatic carbocycles. The van der Waals surface area contributed by atoms with Gasteiger partial charge in [0.15, 0.2) is 11.5 Å². The molecule has 0 atom stereocenters. The standard InChI is InChI=1S/C14H19NO.C9H9NOS.C9H9NO.C8H6FNO.C7H6N2S.5C2H6/c1-2-3-4-5-7-12-9-10-14(16-12)13-8-6-11-15-13;12-6-7-3-4-9(11-7)8-2-1-5-10-8;1-7-4-5-9(11-7)8-3-2-6-10-8;9-8-4-3-7(11-8)6-2-1-5-10-6;1-2-6(9-3-1)7-4-8-5-10-7;5*1-2/h6,8-11,15H,2-5,7H2,1H3;1-5,10,12H,6H2;2-6,10H,1H3;1-5,10H;1-5,9H;5*1-2H3. The molecule has 0 aliphatic rings. The minimum absolute atomic E-state index is 0.521. The first kappa shape index (κ1) is 61.4. The summed E-state index contributed by atoms with van der Waals surface area (Å²) >= 11 is 5.76.